The number of hydrogen-bond donors (Lipinski definition) is 0. The number of carbonyl (C=O) groups is 3. The van der Waals surface area contributed by atoms with Crippen LogP contribution in [0.4, 0.5) is 0 Å². The summed E-state index contributed by atoms with van der Waals surface area (Å²) in [6.07, 6.45) is 72.8. The molecule has 0 radical (unpaired) electrons. The van der Waals surface area contributed by atoms with Gasteiger partial charge in [0, 0.05) is 19.3 Å². The van der Waals surface area contributed by atoms with E-state index in [4.69, 9.17) is 14.2 Å². The number of ether oxygens (including phenoxy) is 3. The van der Waals surface area contributed by atoms with Crippen molar-refractivity contribution in [1.82, 2.24) is 0 Å². The molecule has 0 amide bonds. The van der Waals surface area contributed by atoms with Crippen LogP contribution in [0.15, 0.2) is 36.5 Å². The van der Waals surface area contributed by atoms with Crippen molar-refractivity contribution >= 4 is 17.9 Å². The van der Waals surface area contributed by atoms with E-state index in [1.165, 1.54) is 225 Å². The van der Waals surface area contributed by atoms with E-state index in [2.05, 4.69) is 57.2 Å². The summed E-state index contributed by atoms with van der Waals surface area (Å²) in [5.74, 6) is -0.867. The van der Waals surface area contributed by atoms with E-state index in [0.29, 0.717) is 19.3 Å². The van der Waals surface area contributed by atoms with Crippen LogP contribution >= 0.6 is 0 Å². The van der Waals surface area contributed by atoms with Crippen LogP contribution in [0.5, 0.6) is 0 Å². The van der Waals surface area contributed by atoms with Crippen molar-refractivity contribution < 1.29 is 28.6 Å². The summed E-state index contributed by atoms with van der Waals surface area (Å²) in [6, 6.07) is 0. The summed E-state index contributed by atoms with van der Waals surface area (Å²) < 4.78 is 16.9. The Labute approximate surface area is 442 Å². The Morgan fingerprint density at radius 1 is 0.282 bits per heavy atom. The van der Waals surface area contributed by atoms with Crippen LogP contribution in [-0.4, -0.2) is 37.2 Å². The van der Waals surface area contributed by atoms with Crippen LogP contribution in [0.1, 0.15) is 342 Å². The third kappa shape index (κ3) is 58.4. The number of allylic oxidation sites excluding steroid dienone is 6. The second-order valence-electron chi connectivity index (χ2n) is 21.3. The molecule has 0 bridgehead atoms. The lowest BCUT2D eigenvalue weighted by atomic mass is 10.0. The molecule has 0 aromatic heterocycles. The van der Waals surface area contributed by atoms with Crippen molar-refractivity contribution in [1.29, 1.82) is 0 Å². The van der Waals surface area contributed by atoms with E-state index in [1.54, 1.807) is 0 Å². The van der Waals surface area contributed by atoms with Crippen molar-refractivity contribution in [2.24, 2.45) is 0 Å². The van der Waals surface area contributed by atoms with Gasteiger partial charge in [-0.15, -0.1) is 0 Å². The molecule has 0 N–H and O–H groups in total. The molecule has 0 aliphatic heterocycles. The first-order valence-electron chi connectivity index (χ1n) is 31.5. The maximum absolute atomic E-state index is 12.9. The molecule has 6 nitrogen and oxygen atoms in total. The molecule has 0 saturated heterocycles. The standard InChI is InChI=1S/C65H120O6/c1-4-7-10-13-16-19-22-25-28-31-34-37-40-43-46-49-52-55-58-64(67)70-61-62(60-69-63(66)57-54-51-48-45-42-39-36-33-30-27-24-21-18-15-12-9-6-3)71-65(68)59-56-53-50-47-44-41-38-35-32-29-26-23-20-17-14-11-8-5-2/h18,21,27,30,34,37,62H,4-17,19-20,22-26,28-29,31-33,35-36,38-61H2,1-3H3/b21-18-,30-27-,37-34-. The third-order valence-electron chi connectivity index (χ3n) is 14.1. The molecule has 0 aromatic rings. The van der Waals surface area contributed by atoms with Crippen LogP contribution in [-0.2, 0) is 28.6 Å². The Hall–Kier alpha value is -2.37. The van der Waals surface area contributed by atoms with Crippen molar-refractivity contribution in [3.05, 3.63) is 36.5 Å². The fraction of sp³-hybridized carbons (Fsp3) is 0.862. The lowest BCUT2D eigenvalue weighted by Crippen LogP contribution is -2.30. The molecule has 0 saturated carbocycles. The van der Waals surface area contributed by atoms with Gasteiger partial charge in [0.15, 0.2) is 6.10 Å². The van der Waals surface area contributed by atoms with Crippen LogP contribution in [0.2, 0.25) is 0 Å². The van der Waals surface area contributed by atoms with Crippen LogP contribution in [0.25, 0.3) is 0 Å². The second-order valence-corrected chi connectivity index (χ2v) is 21.3. The Morgan fingerprint density at radius 2 is 0.507 bits per heavy atom. The minimum atomic E-state index is -0.777. The van der Waals surface area contributed by atoms with Crippen LogP contribution < -0.4 is 0 Å². The highest BCUT2D eigenvalue weighted by atomic mass is 16.6. The first-order valence-corrected chi connectivity index (χ1v) is 31.5. The van der Waals surface area contributed by atoms with E-state index in [0.717, 1.165) is 77.0 Å². The molecule has 0 aliphatic carbocycles. The van der Waals surface area contributed by atoms with Gasteiger partial charge in [-0.2, -0.15) is 0 Å². The molecular formula is C65H120O6. The van der Waals surface area contributed by atoms with E-state index in [9.17, 15) is 14.4 Å². The molecule has 1 unspecified atom stereocenters. The van der Waals surface area contributed by atoms with Gasteiger partial charge in [-0.25, -0.2) is 0 Å². The van der Waals surface area contributed by atoms with E-state index in [-0.39, 0.29) is 31.1 Å². The molecule has 0 heterocycles. The minimum absolute atomic E-state index is 0.0751. The van der Waals surface area contributed by atoms with Gasteiger partial charge in [0.25, 0.3) is 0 Å². The van der Waals surface area contributed by atoms with Gasteiger partial charge in [0.1, 0.15) is 13.2 Å². The van der Waals surface area contributed by atoms with Crippen LogP contribution in [0, 0.1) is 0 Å². The zero-order valence-electron chi connectivity index (χ0n) is 47.8. The van der Waals surface area contributed by atoms with Crippen molar-refractivity contribution in [3.63, 3.8) is 0 Å². The number of unbranched alkanes of at least 4 members (excludes halogenated alkanes) is 41. The summed E-state index contributed by atoms with van der Waals surface area (Å²) >= 11 is 0. The fourth-order valence-electron chi connectivity index (χ4n) is 9.35. The number of esters is 3. The molecule has 0 aliphatic rings. The van der Waals surface area contributed by atoms with E-state index >= 15 is 0 Å². The molecule has 0 rings (SSSR count). The lowest BCUT2D eigenvalue weighted by Gasteiger charge is -2.18. The smallest absolute Gasteiger partial charge is 0.306 e. The summed E-state index contributed by atoms with van der Waals surface area (Å²) in [4.78, 5) is 38.3. The Morgan fingerprint density at radius 3 is 0.817 bits per heavy atom. The zero-order valence-corrected chi connectivity index (χ0v) is 47.8. The average Bonchev–Trinajstić information content (AvgIpc) is 3.37. The maximum atomic E-state index is 12.9. The predicted molar refractivity (Wildman–Crippen MR) is 307 cm³/mol. The van der Waals surface area contributed by atoms with Crippen molar-refractivity contribution in [2.75, 3.05) is 13.2 Å². The summed E-state index contributed by atoms with van der Waals surface area (Å²) in [5.41, 5.74) is 0. The highest BCUT2D eigenvalue weighted by Gasteiger charge is 2.19. The average molecular weight is 998 g/mol. The quantitative estimate of drug-likeness (QED) is 0.0261. The van der Waals surface area contributed by atoms with Gasteiger partial charge in [0.2, 0.25) is 0 Å². The Bertz CT molecular complexity index is 1190. The normalized spacial score (nSPS) is 12.2. The van der Waals surface area contributed by atoms with E-state index < -0.39 is 6.10 Å². The van der Waals surface area contributed by atoms with Gasteiger partial charge < -0.3 is 14.2 Å². The molecular weight excluding hydrogens is 877 g/mol. The highest BCUT2D eigenvalue weighted by molar-refractivity contribution is 5.71. The molecule has 0 spiro atoms. The Kier molecular flexibility index (Phi) is 58.2. The molecule has 6 heteroatoms. The summed E-state index contributed by atoms with van der Waals surface area (Å²) in [5, 5.41) is 0. The minimum Gasteiger partial charge on any atom is -0.462 e. The summed E-state index contributed by atoms with van der Waals surface area (Å²) in [6.45, 7) is 6.66. The van der Waals surface area contributed by atoms with Gasteiger partial charge in [-0.3, -0.25) is 14.4 Å². The second kappa shape index (κ2) is 60.2. The Balaban J connectivity index is 4.35. The van der Waals surface area contributed by atoms with Crippen molar-refractivity contribution in [2.45, 2.75) is 348 Å². The van der Waals surface area contributed by atoms with Gasteiger partial charge >= 0.3 is 17.9 Å². The van der Waals surface area contributed by atoms with Crippen LogP contribution in [0.3, 0.4) is 0 Å². The maximum Gasteiger partial charge on any atom is 0.306 e. The molecule has 0 fully saturated rings. The number of rotatable bonds is 58. The zero-order chi connectivity index (χ0) is 51.4. The monoisotopic (exact) mass is 997 g/mol. The lowest BCUT2D eigenvalue weighted by molar-refractivity contribution is -0.167. The van der Waals surface area contributed by atoms with Gasteiger partial charge in [0.05, 0.1) is 0 Å². The summed E-state index contributed by atoms with van der Waals surface area (Å²) in [7, 11) is 0. The van der Waals surface area contributed by atoms with Gasteiger partial charge in [-0.05, 0) is 77.0 Å². The molecule has 416 valence electrons. The predicted octanol–water partition coefficient (Wildman–Crippen LogP) is 21.2. The topological polar surface area (TPSA) is 78.9 Å². The first kappa shape index (κ1) is 68.6. The first-order chi connectivity index (χ1) is 35.0. The molecule has 71 heavy (non-hydrogen) atoms. The largest absolute Gasteiger partial charge is 0.462 e. The third-order valence-corrected chi connectivity index (χ3v) is 14.1. The number of hydrogen-bond acceptors (Lipinski definition) is 6. The van der Waals surface area contributed by atoms with Crippen molar-refractivity contribution in [3.8, 4) is 0 Å². The highest BCUT2D eigenvalue weighted by Crippen LogP contribution is 2.17. The number of carbonyl (C=O) groups excluding carboxylic acids is 3. The fourth-order valence-corrected chi connectivity index (χ4v) is 9.35. The molecule has 1 atom stereocenters. The molecule has 0 aromatic carbocycles. The van der Waals surface area contributed by atoms with Gasteiger partial charge in [-0.1, -0.05) is 282 Å². The SMILES string of the molecule is CCCCC/C=C\C/C=C\CCCCCCCCCC(=O)OCC(COC(=O)CCCCCCC/C=C\CCCCCCCCCCC)OC(=O)CCCCCCCCCCCCCCCCCCCC. The van der Waals surface area contributed by atoms with E-state index in [1.807, 2.05) is 0 Å².